The van der Waals surface area contributed by atoms with Gasteiger partial charge in [-0.15, -0.1) is 0 Å². The quantitative estimate of drug-likeness (QED) is 0.846. The summed E-state index contributed by atoms with van der Waals surface area (Å²) in [5.74, 6) is -0.271. The summed E-state index contributed by atoms with van der Waals surface area (Å²) in [7, 11) is 0. The zero-order valence-corrected chi connectivity index (χ0v) is 10.2. The van der Waals surface area contributed by atoms with E-state index >= 15 is 0 Å². The van der Waals surface area contributed by atoms with Crippen LogP contribution in [0.3, 0.4) is 0 Å². The van der Waals surface area contributed by atoms with Gasteiger partial charge in [0.1, 0.15) is 0 Å². The highest BCUT2D eigenvalue weighted by Gasteiger charge is 2.31. The number of hydrogen-bond acceptors (Lipinski definition) is 2. The smallest absolute Gasteiger partial charge is 0.326 e. The third-order valence-electron chi connectivity index (χ3n) is 3.24. The van der Waals surface area contributed by atoms with Crippen molar-refractivity contribution in [3.63, 3.8) is 0 Å². The number of urea groups is 1. The molecule has 0 atom stereocenters. The van der Waals surface area contributed by atoms with Gasteiger partial charge in [-0.25, -0.2) is 9.69 Å². The summed E-state index contributed by atoms with van der Waals surface area (Å²) < 4.78 is 0. The van der Waals surface area contributed by atoms with E-state index in [9.17, 15) is 9.59 Å². The summed E-state index contributed by atoms with van der Waals surface area (Å²) in [6, 6.07) is 14.7. The van der Waals surface area contributed by atoms with Gasteiger partial charge in [-0.3, -0.25) is 4.79 Å². The lowest BCUT2D eigenvalue weighted by Gasteiger charge is -2.13. The molecule has 0 aliphatic carbocycles. The van der Waals surface area contributed by atoms with Crippen molar-refractivity contribution < 1.29 is 9.59 Å². The molecule has 2 aromatic carbocycles. The average molecular weight is 252 g/mol. The van der Waals surface area contributed by atoms with E-state index in [4.69, 9.17) is 5.73 Å². The van der Waals surface area contributed by atoms with Crippen LogP contribution < -0.4 is 10.6 Å². The number of rotatable bonds is 1. The normalized spacial score (nSPS) is 13.5. The summed E-state index contributed by atoms with van der Waals surface area (Å²) in [5, 5.41) is 0. The molecular formula is C15H12N2O2. The Labute approximate surface area is 110 Å². The van der Waals surface area contributed by atoms with Gasteiger partial charge in [0.25, 0.3) is 0 Å². The Balaban J connectivity index is 2.10. The van der Waals surface area contributed by atoms with Gasteiger partial charge in [-0.2, -0.15) is 0 Å². The predicted molar refractivity (Wildman–Crippen MR) is 72.7 cm³/mol. The molecule has 19 heavy (non-hydrogen) atoms. The van der Waals surface area contributed by atoms with E-state index in [1.165, 1.54) is 0 Å². The molecule has 0 fully saturated rings. The second kappa shape index (κ2) is 4.24. The summed E-state index contributed by atoms with van der Waals surface area (Å²) in [6.45, 7) is 0. The number of fused-ring (bicyclic) bond motifs is 1. The Morgan fingerprint density at radius 1 is 1.05 bits per heavy atom. The number of anilines is 1. The highest BCUT2D eigenvalue weighted by molar-refractivity contribution is 6.18. The van der Waals surface area contributed by atoms with E-state index in [2.05, 4.69) is 0 Å². The van der Waals surface area contributed by atoms with E-state index in [0.717, 1.165) is 21.6 Å². The van der Waals surface area contributed by atoms with Gasteiger partial charge >= 0.3 is 6.03 Å². The van der Waals surface area contributed by atoms with Crippen molar-refractivity contribution in [2.24, 2.45) is 5.73 Å². The van der Waals surface area contributed by atoms with Crippen molar-refractivity contribution in [2.75, 3.05) is 4.90 Å². The van der Waals surface area contributed by atoms with Crippen LogP contribution >= 0.6 is 0 Å². The number of hydrogen-bond donors (Lipinski definition) is 1. The minimum Gasteiger partial charge on any atom is -0.351 e. The molecule has 0 saturated carbocycles. The third kappa shape index (κ3) is 1.87. The topological polar surface area (TPSA) is 63.4 Å². The van der Waals surface area contributed by atoms with Gasteiger partial charge in [0.2, 0.25) is 5.91 Å². The van der Waals surface area contributed by atoms with Crippen LogP contribution in [-0.4, -0.2) is 11.9 Å². The molecule has 0 unspecified atom stereocenters. The molecule has 3 amide bonds. The molecule has 0 bridgehead atoms. The monoisotopic (exact) mass is 252 g/mol. The summed E-state index contributed by atoms with van der Waals surface area (Å²) >= 11 is 0. The van der Waals surface area contributed by atoms with Crippen LogP contribution in [0.25, 0.3) is 11.1 Å². The van der Waals surface area contributed by atoms with Crippen LogP contribution in [0, 0.1) is 0 Å². The zero-order valence-electron chi connectivity index (χ0n) is 10.2. The molecule has 2 aromatic rings. The third-order valence-corrected chi connectivity index (χ3v) is 3.24. The average Bonchev–Trinajstić information content (AvgIpc) is 2.74. The molecule has 4 nitrogen and oxygen atoms in total. The second-order valence-electron chi connectivity index (χ2n) is 4.45. The van der Waals surface area contributed by atoms with Crippen molar-refractivity contribution >= 4 is 17.6 Å². The molecule has 2 N–H and O–H groups in total. The van der Waals surface area contributed by atoms with Crippen molar-refractivity contribution in [3.05, 3.63) is 54.1 Å². The molecule has 1 aliphatic heterocycles. The molecule has 0 spiro atoms. The van der Waals surface area contributed by atoms with Gasteiger partial charge < -0.3 is 5.73 Å². The maximum absolute atomic E-state index is 11.7. The molecule has 94 valence electrons. The Hall–Kier alpha value is -2.62. The highest BCUT2D eigenvalue weighted by atomic mass is 16.2. The molecule has 0 radical (unpaired) electrons. The number of benzene rings is 2. The van der Waals surface area contributed by atoms with Crippen molar-refractivity contribution in [1.29, 1.82) is 0 Å². The van der Waals surface area contributed by atoms with Gasteiger partial charge in [0.15, 0.2) is 0 Å². The number of primary amides is 1. The van der Waals surface area contributed by atoms with Crippen LogP contribution in [0.15, 0.2) is 48.5 Å². The van der Waals surface area contributed by atoms with E-state index in [1.54, 1.807) is 0 Å². The van der Waals surface area contributed by atoms with Crippen LogP contribution in [-0.2, 0) is 11.2 Å². The van der Waals surface area contributed by atoms with E-state index in [-0.39, 0.29) is 12.3 Å². The first-order valence-corrected chi connectivity index (χ1v) is 5.97. The number of nitrogens with zero attached hydrogens (tertiary/aromatic N) is 1. The molecule has 0 aromatic heterocycles. The first-order valence-electron chi connectivity index (χ1n) is 5.97. The van der Waals surface area contributed by atoms with E-state index in [1.807, 2.05) is 48.5 Å². The Kier molecular flexibility index (Phi) is 2.56. The fourth-order valence-electron chi connectivity index (χ4n) is 2.35. The number of carbonyl (C=O) groups excluding carboxylic acids is 2. The molecule has 1 aliphatic rings. The Bertz CT molecular complexity index is 665. The molecule has 3 rings (SSSR count). The summed E-state index contributed by atoms with van der Waals surface area (Å²) in [6.07, 6.45) is 0.230. The fourth-order valence-corrected chi connectivity index (χ4v) is 2.35. The Morgan fingerprint density at radius 3 is 2.47 bits per heavy atom. The first kappa shape index (κ1) is 11.5. The maximum Gasteiger partial charge on any atom is 0.326 e. The van der Waals surface area contributed by atoms with Crippen molar-refractivity contribution in [3.8, 4) is 11.1 Å². The summed E-state index contributed by atoms with van der Waals surface area (Å²) in [4.78, 5) is 24.1. The predicted octanol–water partition coefficient (Wildman–Crippen LogP) is 2.32. The second-order valence-corrected chi connectivity index (χ2v) is 4.45. The minimum absolute atomic E-state index is 0.230. The van der Waals surface area contributed by atoms with Crippen LogP contribution in [0.4, 0.5) is 10.5 Å². The van der Waals surface area contributed by atoms with Crippen molar-refractivity contribution in [1.82, 2.24) is 0 Å². The van der Waals surface area contributed by atoms with Crippen molar-refractivity contribution in [2.45, 2.75) is 6.42 Å². The fraction of sp³-hybridized carbons (Fsp3) is 0.0667. The number of carbonyl (C=O) groups is 2. The Morgan fingerprint density at radius 2 is 1.79 bits per heavy atom. The van der Waals surface area contributed by atoms with Crippen LogP contribution in [0.2, 0.25) is 0 Å². The van der Waals surface area contributed by atoms with E-state index < -0.39 is 6.03 Å². The van der Waals surface area contributed by atoms with Gasteiger partial charge in [0, 0.05) is 0 Å². The number of nitrogens with two attached hydrogens (primary N) is 1. The molecule has 1 heterocycles. The van der Waals surface area contributed by atoms with E-state index in [0.29, 0.717) is 5.69 Å². The lowest BCUT2D eigenvalue weighted by molar-refractivity contribution is -0.116. The van der Waals surface area contributed by atoms with Gasteiger partial charge in [-0.1, -0.05) is 42.5 Å². The first-order chi connectivity index (χ1) is 9.16. The number of amides is 3. The largest absolute Gasteiger partial charge is 0.351 e. The highest BCUT2D eigenvalue weighted by Crippen LogP contribution is 2.33. The van der Waals surface area contributed by atoms with Crippen LogP contribution in [0.5, 0.6) is 0 Å². The summed E-state index contributed by atoms with van der Waals surface area (Å²) in [5.41, 5.74) is 8.69. The standard InChI is InChI=1S/C15H12N2O2/c16-15(19)17-13-8-11(10-4-2-1-3-5-10)6-7-12(13)9-14(17)18/h1-8H,9H2,(H2,16,19). The molecular weight excluding hydrogens is 240 g/mol. The van der Waals surface area contributed by atoms with Gasteiger partial charge in [0.05, 0.1) is 12.1 Å². The lowest BCUT2D eigenvalue weighted by Crippen LogP contribution is -2.38. The van der Waals surface area contributed by atoms with Crippen LogP contribution in [0.1, 0.15) is 5.56 Å². The number of imide groups is 1. The maximum atomic E-state index is 11.7. The zero-order chi connectivity index (χ0) is 13.4. The minimum atomic E-state index is -0.728. The lowest BCUT2D eigenvalue weighted by atomic mass is 10.0. The molecule has 4 heteroatoms. The molecule has 0 saturated heterocycles. The van der Waals surface area contributed by atoms with Gasteiger partial charge in [-0.05, 0) is 22.8 Å². The SMILES string of the molecule is NC(=O)N1C(=O)Cc2ccc(-c3ccccc3)cc21.